The Balaban J connectivity index is 1.14. The molecule has 4 aromatic rings. The van der Waals surface area contributed by atoms with E-state index in [0.29, 0.717) is 61.2 Å². The van der Waals surface area contributed by atoms with Crippen LogP contribution in [-0.4, -0.2) is 99.8 Å². The molecule has 0 spiro atoms. The van der Waals surface area contributed by atoms with Gasteiger partial charge in [0.15, 0.2) is 22.8 Å². The summed E-state index contributed by atoms with van der Waals surface area (Å²) in [6.45, 7) is 7.53. The maximum atomic E-state index is 12.8. The number of nitrogens with one attached hydrogen (secondary N) is 2. The molecule has 44 heavy (non-hydrogen) atoms. The molecule has 1 unspecified atom stereocenters. The van der Waals surface area contributed by atoms with Crippen LogP contribution >= 0.6 is 0 Å². The van der Waals surface area contributed by atoms with Crippen molar-refractivity contribution < 1.29 is 14.3 Å². The van der Waals surface area contributed by atoms with E-state index in [2.05, 4.69) is 30.7 Å². The van der Waals surface area contributed by atoms with Gasteiger partial charge >= 0.3 is 12.1 Å². The van der Waals surface area contributed by atoms with Crippen molar-refractivity contribution in [3.05, 3.63) is 54.1 Å². The molecule has 4 heterocycles. The Kier molecular flexibility index (Phi) is 8.52. The fourth-order valence-corrected chi connectivity index (χ4v) is 5.67. The highest BCUT2D eigenvalue weighted by Gasteiger charge is 2.27. The molecule has 4 N–H and O–H groups in total. The lowest BCUT2D eigenvalue weighted by Gasteiger charge is -2.30. The number of urea groups is 2. The minimum atomic E-state index is -0.424. The van der Waals surface area contributed by atoms with Crippen molar-refractivity contribution >= 4 is 40.4 Å². The fourth-order valence-electron chi connectivity index (χ4n) is 5.67. The molecule has 230 valence electrons. The number of fused-ring (bicyclic) bond motifs is 1. The van der Waals surface area contributed by atoms with Crippen LogP contribution in [0.2, 0.25) is 0 Å². The summed E-state index contributed by atoms with van der Waals surface area (Å²) in [5.41, 5.74) is 10.1. The maximum Gasteiger partial charge on any atom is 0.323 e. The number of likely N-dealkylation sites (N-methyl/N-ethyl adjacent to an activating group) is 1. The normalized spacial score (nSPS) is 17.8. The summed E-state index contributed by atoms with van der Waals surface area (Å²) in [4.78, 5) is 40.6. The summed E-state index contributed by atoms with van der Waals surface area (Å²) in [6.07, 6.45) is 0.871. The molecule has 14 heteroatoms. The summed E-state index contributed by atoms with van der Waals surface area (Å²) < 4.78 is 7.29. The minimum Gasteiger partial charge on any atom is -0.378 e. The van der Waals surface area contributed by atoms with Crippen LogP contribution in [-0.2, 0) is 11.3 Å². The van der Waals surface area contributed by atoms with Crippen LogP contribution in [0.3, 0.4) is 0 Å². The maximum absolute atomic E-state index is 12.8. The number of rotatable bonds is 6. The molecule has 4 amide bonds. The van der Waals surface area contributed by atoms with Gasteiger partial charge in [0.1, 0.15) is 0 Å². The van der Waals surface area contributed by atoms with Crippen molar-refractivity contribution in [2.45, 2.75) is 25.9 Å². The Hall–Kier alpha value is -4.82. The average Bonchev–Trinajstić information content (AvgIpc) is 3.35. The van der Waals surface area contributed by atoms with Gasteiger partial charge in [0.25, 0.3) is 0 Å². The number of amides is 4. The molecular weight excluding hydrogens is 562 g/mol. The second-order valence-electron chi connectivity index (χ2n) is 11.0. The third-order valence-corrected chi connectivity index (χ3v) is 7.99. The molecule has 0 radical (unpaired) electrons. The van der Waals surface area contributed by atoms with Gasteiger partial charge in [0, 0.05) is 49.7 Å². The van der Waals surface area contributed by atoms with Crippen molar-refractivity contribution in [3.63, 3.8) is 0 Å². The molecule has 2 aromatic heterocycles. The topological polar surface area (TPSA) is 160 Å². The number of nitrogens with two attached hydrogens (primary N) is 1. The average molecular weight is 600 g/mol. The lowest BCUT2D eigenvalue weighted by molar-refractivity contribution is 0.122. The molecule has 14 nitrogen and oxygen atoms in total. The summed E-state index contributed by atoms with van der Waals surface area (Å²) in [7, 11) is 2.04. The van der Waals surface area contributed by atoms with Gasteiger partial charge in [-0.25, -0.2) is 24.2 Å². The second kappa shape index (κ2) is 12.8. The van der Waals surface area contributed by atoms with Gasteiger partial charge in [-0.05, 0) is 68.9 Å². The molecule has 2 fully saturated rings. The van der Waals surface area contributed by atoms with Gasteiger partial charge in [-0.1, -0.05) is 17.3 Å². The first kappa shape index (κ1) is 29.3. The lowest BCUT2D eigenvalue weighted by Crippen LogP contribution is -2.41. The molecule has 0 saturated carbocycles. The molecule has 2 saturated heterocycles. The van der Waals surface area contributed by atoms with E-state index in [1.165, 1.54) is 0 Å². The Labute approximate surface area is 255 Å². The largest absolute Gasteiger partial charge is 0.378 e. The van der Waals surface area contributed by atoms with Crippen molar-refractivity contribution in [1.82, 2.24) is 34.8 Å². The number of aryl methyl sites for hydroxylation is 1. The van der Waals surface area contributed by atoms with E-state index in [1.54, 1.807) is 9.58 Å². The van der Waals surface area contributed by atoms with E-state index < -0.39 is 6.03 Å². The van der Waals surface area contributed by atoms with Gasteiger partial charge in [-0.2, -0.15) is 0 Å². The van der Waals surface area contributed by atoms with Gasteiger partial charge in [0.05, 0.1) is 19.3 Å². The number of anilines is 3. The molecule has 2 aromatic carbocycles. The predicted octanol–water partition coefficient (Wildman–Crippen LogP) is 3.15. The summed E-state index contributed by atoms with van der Waals surface area (Å²) in [5.74, 6) is 1.30. The number of carbonyl (C=O) groups excluding carboxylic acids is 2. The highest BCUT2D eigenvalue weighted by Crippen LogP contribution is 2.28. The molecule has 0 aliphatic carbocycles. The van der Waals surface area contributed by atoms with Crippen molar-refractivity contribution in [3.8, 4) is 11.4 Å². The van der Waals surface area contributed by atoms with Crippen LogP contribution in [0.4, 0.5) is 26.8 Å². The van der Waals surface area contributed by atoms with Gasteiger partial charge in [-0.15, -0.1) is 5.10 Å². The summed E-state index contributed by atoms with van der Waals surface area (Å²) in [5, 5.41) is 14.4. The number of hydrogen-bond donors (Lipinski definition) is 3. The van der Waals surface area contributed by atoms with Crippen LogP contribution in [0.15, 0.2) is 48.5 Å². The van der Waals surface area contributed by atoms with Crippen molar-refractivity contribution in [2.75, 3.05) is 68.5 Å². The van der Waals surface area contributed by atoms with Crippen LogP contribution in [0.5, 0.6) is 0 Å². The molecule has 6 rings (SSSR count). The smallest absolute Gasteiger partial charge is 0.323 e. The van der Waals surface area contributed by atoms with E-state index in [9.17, 15) is 9.59 Å². The monoisotopic (exact) mass is 599 g/mol. The molecular formula is C30H37N11O3. The third kappa shape index (κ3) is 6.26. The Bertz CT molecular complexity index is 1620. The lowest BCUT2D eigenvalue weighted by atomic mass is 10.0. The van der Waals surface area contributed by atoms with E-state index in [1.807, 2.05) is 62.5 Å². The number of nitrogens with zero attached hydrogens (tertiary/aromatic N) is 8. The van der Waals surface area contributed by atoms with Gasteiger partial charge in [-0.3, -0.25) is 0 Å². The van der Waals surface area contributed by atoms with E-state index in [4.69, 9.17) is 20.4 Å². The molecule has 1 atom stereocenters. The standard InChI is InChI=1S/C30H37N11O3/c1-3-41-28-25(36-37-41)27(39-15-17-44-18-16-39)34-26(35-28)21-7-11-23(12-8-21)33-30(43)32-22-9-5-20(6-10-22)24-19-38(2)13-4-14-40(24)29(31)42/h5-12,24H,3-4,13-19H2,1-2H3,(H2,31,42)(H2,32,33,43). The minimum absolute atomic E-state index is 0.144. The van der Waals surface area contributed by atoms with E-state index >= 15 is 0 Å². The number of carbonyl (C=O) groups is 2. The number of primary amides is 1. The first-order chi connectivity index (χ1) is 21.4. The highest BCUT2D eigenvalue weighted by atomic mass is 16.5. The number of morpholine rings is 1. The fraction of sp³-hybridized carbons (Fsp3) is 0.400. The molecule has 0 bridgehead atoms. The van der Waals surface area contributed by atoms with E-state index in [-0.39, 0.29) is 12.1 Å². The SMILES string of the molecule is CCn1nnc2c(N3CCOCC3)nc(-c3ccc(NC(=O)Nc4ccc(C5CN(C)CCCN5C(N)=O)cc4)cc3)nc21. The zero-order valence-corrected chi connectivity index (χ0v) is 24.9. The van der Waals surface area contributed by atoms with Crippen LogP contribution < -0.4 is 21.3 Å². The number of benzene rings is 2. The first-order valence-corrected chi connectivity index (χ1v) is 14.9. The van der Waals surface area contributed by atoms with E-state index in [0.717, 1.165) is 43.0 Å². The van der Waals surface area contributed by atoms with Crippen molar-refractivity contribution in [2.24, 2.45) is 5.73 Å². The van der Waals surface area contributed by atoms with Gasteiger partial charge in [0.2, 0.25) is 0 Å². The number of ether oxygens (including phenoxy) is 1. The third-order valence-electron chi connectivity index (χ3n) is 7.99. The predicted molar refractivity (Wildman–Crippen MR) is 167 cm³/mol. The quantitative estimate of drug-likeness (QED) is 0.303. The van der Waals surface area contributed by atoms with Gasteiger partial charge < -0.3 is 35.8 Å². The molecule has 2 aliphatic rings. The van der Waals surface area contributed by atoms with Crippen LogP contribution in [0.25, 0.3) is 22.6 Å². The Morgan fingerprint density at radius 1 is 0.955 bits per heavy atom. The van der Waals surface area contributed by atoms with Crippen LogP contribution in [0, 0.1) is 0 Å². The number of aromatic nitrogens is 5. The zero-order chi connectivity index (χ0) is 30.6. The summed E-state index contributed by atoms with van der Waals surface area (Å²) in [6, 6.07) is 14.0. The Morgan fingerprint density at radius 2 is 1.64 bits per heavy atom. The first-order valence-electron chi connectivity index (χ1n) is 14.9. The summed E-state index contributed by atoms with van der Waals surface area (Å²) >= 11 is 0. The second-order valence-corrected chi connectivity index (χ2v) is 11.0. The van der Waals surface area contributed by atoms with Crippen molar-refractivity contribution in [1.29, 1.82) is 0 Å². The number of hydrogen-bond acceptors (Lipinski definition) is 9. The Morgan fingerprint density at radius 3 is 2.30 bits per heavy atom. The molecule has 2 aliphatic heterocycles. The zero-order valence-electron chi connectivity index (χ0n) is 24.9. The highest BCUT2D eigenvalue weighted by molar-refractivity contribution is 5.99. The van der Waals surface area contributed by atoms with Crippen LogP contribution in [0.1, 0.15) is 24.9 Å².